The summed E-state index contributed by atoms with van der Waals surface area (Å²) in [5.74, 6) is 1.37. The van der Waals surface area contributed by atoms with Crippen LogP contribution in [0, 0.1) is 0 Å². The maximum Gasteiger partial charge on any atom is 0.162 e. The van der Waals surface area contributed by atoms with Gasteiger partial charge in [-0.3, -0.25) is 0 Å². The van der Waals surface area contributed by atoms with Gasteiger partial charge in [0, 0.05) is 18.1 Å². The Kier molecular flexibility index (Phi) is 2.26. The van der Waals surface area contributed by atoms with Gasteiger partial charge in [0.05, 0.1) is 23.8 Å². The van der Waals surface area contributed by atoms with Gasteiger partial charge in [0.1, 0.15) is 0 Å². The third-order valence-electron chi connectivity index (χ3n) is 3.06. The first-order valence-electron chi connectivity index (χ1n) is 5.51. The number of aliphatic hydroxyl groups is 1. The van der Waals surface area contributed by atoms with Crippen molar-refractivity contribution in [3.63, 3.8) is 0 Å². The minimum absolute atomic E-state index is 0.559. The minimum atomic E-state index is -0.734. The number of rotatable bonds is 1. The summed E-state index contributed by atoms with van der Waals surface area (Å²) < 4.78 is 11.1. The summed E-state index contributed by atoms with van der Waals surface area (Å²) in [4.78, 5) is 0. The van der Waals surface area contributed by atoms with Crippen LogP contribution in [0.4, 0.5) is 0 Å². The Bertz CT molecular complexity index is 427. The highest BCUT2D eigenvalue weighted by atomic mass is 35.5. The lowest BCUT2D eigenvalue weighted by Crippen LogP contribution is -2.06. The lowest BCUT2D eigenvalue weighted by Gasteiger charge is -2.14. The average molecular weight is 241 g/mol. The molecule has 0 spiro atoms. The number of ether oxygens (including phenoxy) is 2. The molecular weight excluding hydrogens is 228 g/mol. The van der Waals surface area contributed by atoms with Crippen LogP contribution in [0.15, 0.2) is 12.1 Å². The van der Waals surface area contributed by atoms with E-state index in [4.69, 9.17) is 21.1 Å². The third kappa shape index (κ3) is 1.64. The van der Waals surface area contributed by atoms with Gasteiger partial charge in [-0.2, -0.15) is 0 Å². The fourth-order valence-electron chi connectivity index (χ4n) is 1.93. The van der Waals surface area contributed by atoms with Crippen molar-refractivity contribution in [2.45, 2.75) is 24.9 Å². The summed E-state index contributed by atoms with van der Waals surface area (Å²) in [6, 6.07) is 3.56. The maximum atomic E-state index is 10.1. The number of hydrogen-bond donors (Lipinski definition) is 1. The molecule has 0 saturated heterocycles. The Hall–Kier alpha value is -0.930. The topological polar surface area (TPSA) is 38.7 Å². The zero-order valence-electron chi connectivity index (χ0n) is 8.83. The molecule has 1 heterocycles. The molecule has 1 aliphatic carbocycles. The van der Waals surface area contributed by atoms with Crippen molar-refractivity contribution in [3.8, 4) is 11.5 Å². The normalized spacial score (nSPS) is 21.4. The van der Waals surface area contributed by atoms with Gasteiger partial charge in [-0.1, -0.05) is 11.6 Å². The second kappa shape index (κ2) is 3.54. The van der Waals surface area contributed by atoms with E-state index < -0.39 is 5.60 Å². The molecule has 1 saturated carbocycles. The summed E-state index contributed by atoms with van der Waals surface area (Å²) in [7, 11) is 0. The Morgan fingerprint density at radius 3 is 2.38 bits per heavy atom. The molecule has 0 unspecified atom stereocenters. The Balaban J connectivity index is 2.05. The first kappa shape index (κ1) is 10.2. The summed E-state index contributed by atoms with van der Waals surface area (Å²) in [5.41, 5.74) is 0.0281. The van der Waals surface area contributed by atoms with Gasteiger partial charge in [-0.25, -0.2) is 0 Å². The van der Waals surface area contributed by atoms with Crippen LogP contribution < -0.4 is 9.47 Å². The van der Waals surface area contributed by atoms with Crippen molar-refractivity contribution in [3.05, 3.63) is 22.7 Å². The van der Waals surface area contributed by atoms with Crippen LogP contribution in [0.1, 0.15) is 24.8 Å². The number of fused-ring (bicyclic) bond motifs is 1. The Morgan fingerprint density at radius 2 is 1.75 bits per heavy atom. The van der Waals surface area contributed by atoms with E-state index >= 15 is 0 Å². The van der Waals surface area contributed by atoms with Gasteiger partial charge in [0.25, 0.3) is 0 Å². The molecule has 1 aromatic rings. The largest absolute Gasteiger partial charge is 0.490 e. The zero-order chi connectivity index (χ0) is 11.2. The van der Waals surface area contributed by atoms with Gasteiger partial charge >= 0.3 is 0 Å². The number of hydrogen-bond acceptors (Lipinski definition) is 3. The van der Waals surface area contributed by atoms with Gasteiger partial charge in [0.2, 0.25) is 0 Å². The molecule has 16 heavy (non-hydrogen) atoms. The third-order valence-corrected chi connectivity index (χ3v) is 3.37. The fraction of sp³-hybridized carbons (Fsp3) is 0.500. The van der Waals surface area contributed by atoms with Gasteiger partial charge < -0.3 is 14.6 Å². The van der Waals surface area contributed by atoms with Crippen LogP contribution in [0.5, 0.6) is 11.5 Å². The summed E-state index contributed by atoms with van der Waals surface area (Å²) in [5, 5.41) is 10.6. The van der Waals surface area contributed by atoms with Gasteiger partial charge in [-0.05, 0) is 18.9 Å². The predicted octanol–water partition coefficient (Wildman–Crippen LogP) is 2.48. The fourth-order valence-corrected chi connectivity index (χ4v) is 2.26. The van der Waals surface area contributed by atoms with Gasteiger partial charge in [-0.15, -0.1) is 0 Å². The molecule has 3 rings (SSSR count). The van der Waals surface area contributed by atoms with Crippen LogP contribution >= 0.6 is 11.6 Å². The summed E-state index contributed by atoms with van der Waals surface area (Å²) >= 11 is 6.14. The summed E-state index contributed by atoms with van der Waals surface area (Å²) in [6.07, 6.45) is 2.41. The monoisotopic (exact) mass is 240 g/mol. The number of benzene rings is 1. The second-order valence-electron chi connectivity index (χ2n) is 4.36. The van der Waals surface area contributed by atoms with E-state index in [-0.39, 0.29) is 0 Å². The van der Waals surface area contributed by atoms with Crippen molar-refractivity contribution in [2.75, 3.05) is 13.2 Å². The van der Waals surface area contributed by atoms with Crippen molar-refractivity contribution >= 4 is 11.6 Å². The molecule has 3 nitrogen and oxygen atoms in total. The molecule has 0 amide bonds. The molecule has 0 atom stereocenters. The molecule has 1 N–H and O–H groups in total. The molecule has 1 fully saturated rings. The molecule has 0 radical (unpaired) electrons. The summed E-state index contributed by atoms with van der Waals surface area (Å²) in [6.45, 7) is 1.29. The van der Waals surface area contributed by atoms with Crippen molar-refractivity contribution in [2.24, 2.45) is 0 Å². The highest BCUT2D eigenvalue weighted by Crippen LogP contribution is 2.50. The molecular formula is C12H13ClO3. The van der Waals surface area contributed by atoms with E-state index in [1.165, 1.54) is 0 Å². The average Bonchev–Trinajstić information content (AvgIpc) is 3.01. The molecule has 1 aliphatic heterocycles. The molecule has 86 valence electrons. The highest BCUT2D eigenvalue weighted by Gasteiger charge is 2.44. The lowest BCUT2D eigenvalue weighted by atomic mass is 10.1. The maximum absolute atomic E-state index is 10.1. The van der Waals surface area contributed by atoms with Crippen LogP contribution in [-0.2, 0) is 5.60 Å². The molecule has 0 bridgehead atoms. The first-order chi connectivity index (χ1) is 7.69. The van der Waals surface area contributed by atoms with Gasteiger partial charge in [0.15, 0.2) is 11.5 Å². The Labute approximate surface area is 98.9 Å². The van der Waals surface area contributed by atoms with E-state index in [2.05, 4.69) is 0 Å². The molecule has 1 aromatic carbocycles. The smallest absolute Gasteiger partial charge is 0.162 e. The standard InChI is InChI=1S/C12H13ClO3/c13-9-7-11-10(15-4-1-5-16-11)6-8(9)12(14)2-3-12/h6-7,14H,1-5H2. The molecule has 2 aliphatic rings. The van der Waals surface area contributed by atoms with Crippen LogP contribution in [0.3, 0.4) is 0 Å². The zero-order valence-corrected chi connectivity index (χ0v) is 9.59. The lowest BCUT2D eigenvalue weighted by molar-refractivity contribution is 0.151. The highest BCUT2D eigenvalue weighted by molar-refractivity contribution is 6.31. The van der Waals surface area contributed by atoms with E-state index in [0.29, 0.717) is 29.7 Å². The Morgan fingerprint density at radius 1 is 1.12 bits per heavy atom. The van der Waals surface area contributed by atoms with E-state index in [9.17, 15) is 5.11 Å². The number of halogens is 1. The first-order valence-corrected chi connectivity index (χ1v) is 5.89. The van der Waals surface area contributed by atoms with Crippen LogP contribution in [0.25, 0.3) is 0 Å². The van der Waals surface area contributed by atoms with E-state index in [1.807, 2.05) is 6.07 Å². The van der Waals surface area contributed by atoms with Crippen molar-refractivity contribution < 1.29 is 14.6 Å². The van der Waals surface area contributed by atoms with Crippen molar-refractivity contribution in [1.29, 1.82) is 0 Å². The van der Waals surface area contributed by atoms with Crippen molar-refractivity contribution in [1.82, 2.24) is 0 Å². The SMILES string of the molecule is OC1(c2cc3c(cc2Cl)OCCCO3)CC1. The quantitative estimate of drug-likeness (QED) is 0.820. The second-order valence-corrected chi connectivity index (χ2v) is 4.77. The predicted molar refractivity (Wildman–Crippen MR) is 60.2 cm³/mol. The molecule has 0 aromatic heterocycles. The van der Waals surface area contributed by atoms with E-state index in [1.54, 1.807) is 6.07 Å². The van der Waals surface area contributed by atoms with Crippen LogP contribution in [-0.4, -0.2) is 18.3 Å². The minimum Gasteiger partial charge on any atom is -0.490 e. The molecule has 4 heteroatoms. The van der Waals surface area contributed by atoms with Crippen LogP contribution in [0.2, 0.25) is 5.02 Å². The van der Waals surface area contributed by atoms with E-state index in [0.717, 1.165) is 24.8 Å².